The predicted molar refractivity (Wildman–Crippen MR) is 91.9 cm³/mol. The first-order valence-corrected chi connectivity index (χ1v) is 7.77. The van der Waals surface area contributed by atoms with E-state index in [1.807, 2.05) is 13.8 Å². The Balaban J connectivity index is 1.93. The highest BCUT2D eigenvalue weighted by Crippen LogP contribution is 2.16. The summed E-state index contributed by atoms with van der Waals surface area (Å²) in [6.45, 7) is 4.30. The zero-order valence-corrected chi connectivity index (χ0v) is 14.1. The van der Waals surface area contributed by atoms with E-state index >= 15 is 0 Å². The van der Waals surface area contributed by atoms with E-state index in [4.69, 9.17) is 9.15 Å². The van der Waals surface area contributed by atoms with Crippen LogP contribution in [0.25, 0.3) is 0 Å². The second-order valence-corrected chi connectivity index (χ2v) is 5.88. The van der Waals surface area contributed by atoms with Gasteiger partial charge in [0.05, 0.1) is 0 Å². The lowest BCUT2D eigenvalue weighted by Gasteiger charge is -2.08. The molecule has 0 atom stereocenters. The summed E-state index contributed by atoms with van der Waals surface area (Å²) in [5.41, 5.74) is 1.31. The van der Waals surface area contributed by atoms with E-state index in [2.05, 4.69) is 10.6 Å². The zero-order chi connectivity index (χ0) is 17.5. The van der Waals surface area contributed by atoms with Gasteiger partial charge in [0.2, 0.25) is 5.91 Å². The van der Waals surface area contributed by atoms with Gasteiger partial charge < -0.3 is 19.8 Å². The smallest absolute Gasteiger partial charge is 0.291 e. The molecule has 128 valence electrons. The van der Waals surface area contributed by atoms with Gasteiger partial charge in [0.15, 0.2) is 5.76 Å². The summed E-state index contributed by atoms with van der Waals surface area (Å²) >= 11 is 0. The molecule has 0 aliphatic carbocycles. The van der Waals surface area contributed by atoms with Crippen LogP contribution in [-0.2, 0) is 16.1 Å². The lowest BCUT2D eigenvalue weighted by Crippen LogP contribution is -2.14. The van der Waals surface area contributed by atoms with Gasteiger partial charge in [0.1, 0.15) is 12.4 Å². The molecule has 0 radical (unpaired) electrons. The third-order valence-electron chi connectivity index (χ3n) is 3.19. The summed E-state index contributed by atoms with van der Waals surface area (Å²) in [6.07, 6.45) is 0.473. The Morgan fingerprint density at radius 3 is 2.25 bits per heavy atom. The Morgan fingerprint density at radius 1 is 1.04 bits per heavy atom. The van der Waals surface area contributed by atoms with E-state index in [1.54, 1.807) is 43.5 Å². The highest BCUT2D eigenvalue weighted by atomic mass is 16.5. The van der Waals surface area contributed by atoms with Crippen LogP contribution in [0, 0.1) is 5.92 Å². The first-order valence-electron chi connectivity index (χ1n) is 7.77. The largest absolute Gasteiger partial charge is 0.453 e. The van der Waals surface area contributed by atoms with Crippen LogP contribution in [0.1, 0.15) is 36.6 Å². The Kier molecular flexibility index (Phi) is 6.14. The van der Waals surface area contributed by atoms with E-state index in [1.165, 1.54) is 0 Å². The number of hydrogen-bond acceptors (Lipinski definition) is 4. The van der Waals surface area contributed by atoms with Crippen LogP contribution in [0.5, 0.6) is 0 Å². The van der Waals surface area contributed by atoms with Crippen LogP contribution < -0.4 is 10.6 Å². The summed E-state index contributed by atoms with van der Waals surface area (Å²) in [6, 6.07) is 10.2. The first-order chi connectivity index (χ1) is 11.5. The second-order valence-electron chi connectivity index (χ2n) is 5.88. The minimum absolute atomic E-state index is 0.0250. The quantitative estimate of drug-likeness (QED) is 0.812. The first kappa shape index (κ1) is 17.7. The van der Waals surface area contributed by atoms with Gasteiger partial charge in [-0.05, 0) is 42.3 Å². The number of carbonyl (C=O) groups is 2. The number of carbonyl (C=O) groups excluding carboxylic acids is 2. The Bertz CT molecular complexity index is 689. The molecule has 2 aromatic rings. The number of furan rings is 1. The van der Waals surface area contributed by atoms with Crippen LogP contribution >= 0.6 is 0 Å². The van der Waals surface area contributed by atoms with E-state index in [9.17, 15) is 9.59 Å². The Labute approximate surface area is 141 Å². The van der Waals surface area contributed by atoms with Crippen molar-refractivity contribution >= 4 is 23.2 Å². The molecule has 1 aromatic heterocycles. The minimum atomic E-state index is -0.339. The third kappa shape index (κ3) is 5.24. The molecule has 0 aliphatic rings. The van der Waals surface area contributed by atoms with E-state index in [0.29, 0.717) is 36.1 Å². The van der Waals surface area contributed by atoms with Gasteiger partial charge >= 0.3 is 0 Å². The van der Waals surface area contributed by atoms with E-state index < -0.39 is 0 Å². The molecule has 24 heavy (non-hydrogen) atoms. The molecule has 0 saturated heterocycles. The van der Waals surface area contributed by atoms with Gasteiger partial charge in [-0.25, -0.2) is 0 Å². The van der Waals surface area contributed by atoms with E-state index in [-0.39, 0.29) is 17.6 Å². The number of nitrogens with one attached hydrogen (secondary N) is 2. The van der Waals surface area contributed by atoms with E-state index in [0.717, 1.165) is 0 Å². The van der Waals surface area contributed by atoms with Gasteiger partial charge in [0, 0.05) is 24.9 Å². The van der Waals surface area contributed by atoms with Crippen molar-refractivity contribution in [2.75, 3.05) is 17.7 Å². The number of amides is 2. The van der Waals surface area contributed by atoms with Crippen molar-refractivity contribution in [1.82, 2.24) is 0 Å². The maximum atomic E-state index is 12.1. The molecule has 2 amide bonds. The Hall–Kier alpha value is -2.60. The molecular weight excluding hydrogens is 308 g/mol. The molecule has 0 fully saturated rings. The van der Waals surface area contributed by atoms with Crippen molar-refractivity contribution in [3.63, 3.8) is 0 Å². The van der Waals surface area contributed by atoms with Gasteiger partial charge in [-0.3, -0.25) is 9.59 Å². The average molecular weight is 330 g/mol. The number of rotatable bonds is 7. The van der Waals surface area contributed by atoms with Crippen LogP contribution in [0.15, 0.2) is 40.8 Å². The monoisotopic (exact) mass is 330 g/mol. The molecule has 1 heterocycles. The number of methoxy groups -OCH3 is 1. The Morgan fingerprint density at radius 2 is 1.67 bits per heavy atom. The number of anilines is 2. The van der Waals surface area contributed by atoms with Gasteiger partial charge in [-0.15, -0.1) is 0 Å². The molecule has 0 bridgehead atoms. The van der Waals surface area contributed by atoms with Gasteiger partial charge in [-0.2, -0.15) is 0 Å². The standard InChI is InChI=1S/C18H22N2O4/c1-12(2)10-17(21)19-13-4-6-14(7-5-13)20-18(22)16-9-8-15(24-16)11-23-3/h4-9,12H,10-11H2,1-3H3,(H,19,21)(H,20,22). The molecule has 0 spiro atoms. The van der Waals surface area contributed by atoms with Crippen LogP contribution in [0.2, 0.25) is 0 Å². The highest BCUT2D eigenvalue weighted by molar-refractivity contribution is 6.02. The number of hydrogen-bond donors (Lipinski definition) is 2. The van der Waals surface area contributed by atoms with Crippen molar-refractivity contribution in [3.8, 4) is 0 Å². The lowest BCUT2D eigenvalue weighted by molar-refractivity contribution is -0.116. The lowest BCUT2D eigenvalue weighted by atomic mass is 10.1. The van der Waals surface area contributed by atoms with Crippen molar-refractivity contribution < 1.29 is 18.7 Å². The minimum Gasteiger partial charge on any atom is -0.453 e. The number of ether oxygens (including phenoxy) is 1. The van der Waals surface area contributed by atoms with Crippen molar-refractivity contribution in [2.45, 2.75) is 26.9 Å². The van der Waals surface area contributed by atoms with Crippen LogP contribution in [-0.4, -0.2) is 18.9 Å². The van der Waals surface area contributed by atoms with Gasteiger partial charge in [0.25, 0.3) is 5.91 Å². The summed E-state index contributed by atoms with van der Waals surface area (Å²) in [5, 5.41) is 5.56. The molecule has 6 nitrogen and oxygen atoms in total. The normalized spacial score (nSPS) is 10.7. The highest BCUT2D eigenvalue weighted by Gasteiger charge is 2.11. The number of benzene rings is 1. The zero-order valence-electron chi connectivity index (χ0n) is 14.1. The fraction of sp³-hybridized carbons (Fsp3) is 0.333. The molecule has 2 N–H and O–H groups in total. The van der Waals surface area contributed by atoms with Crippen LogP contribution in [0.3, 0.4) is 0 Å². The SMILES string of the molecule is COCc1ccc(C(=O)Nc2ccc(NC(=O)CC(C)C)cc2)o1. The fourth-order valence-electron chi connectivity index (χ4n) is 2.13. The molecule has 6 heteroatoms. The molecule has 1 aromatic carbocycles. The average Bonchev–Trinajstić information content (AvgIpc) is 2.97. The second kappa shape index (κ2) is 8.31. The maximum absolute atomic E-state index is 12.1. The molecular formula is C18H22N2O4. The summed E-state index contributed by atoms with van der Waals surface area (Å²) in [7, 11) is 1.56. The topological polar surface area (TPSA) is 80.6 Å². The summed E-state index contributed by atoms with van der Waals surface area (Å²) < 4.78 is 10.3. The molecule has 0 saturated carbocycles. The molecule has 0 unspecified atom stereocenters. The summed E-state index contributed by atoms with van der Waals surface area (Å²) in [4.78, 5) is 23.8. The maximum Gasteiger partial charge on any atom is 0.291 e. The predicted octanol–water partition coefficient (Wildman–Crippen LogP) is 3.66. The van der Waals surface area contributed by atoms with Crippen LogP contribution in [0.4, 0.5) is 11.4 Å². The fourth-order valence-corrected chi connectivity index (χ4v) is 2.13. The molecule has 0 aliphatic heterocycles. The van der Waals surface area contributed by atoms with Crippen molar-refractivity contribution in [2.24, 2.45) is 5.92 Å². The van der Waals surface area contributed by atoms with Gasteiger partial charge in [-0.1, -0.05) is 13.8 Å². The third-order valence-corrected chi connectivity index (χ3v) is 3.19. The van der Waals surface area contributed by atoms with Crippen molar-refractivity contribution in [3.05, 3.63) is 47.9 Å². The van der Waals surface area contributed by atoms with Crippen molar-refractivity contribution in [1.29, 1.82) is 0 Å². The summed E-state index contributed by atoms with van der Waals surface area (Å²) in [5.74, 6) is 0.749. The molecule has 2 rings (SSSR count).